The smallest absolute Gasteiger partial charge is 0.407 e. The highest BCUT2D eigenvalue weighted by atomic mass is 16.6. The SMILES string of the molecule is Cn1nc(C2CCC(=O)NC2=O)c2cccc(NCC3CCC(CNC(=O)OC(C)(C)C)CC3)c21. The molecular weight excluding hydrogens is 446 g/mol. The summed E-state index contributed by atoms with van der Waals surface area (Å²) in [5.41, 5.74) is 2.23. The summed E-state index contributed by atoms with van der Waals surface area (Å²) in [6.45, 7) is 7.13. The number of alkyl carbamates (subject to hydrolysis) is 1. The molecule has 2 aromatic rings. The molecule has 190 valence electrons. The summed E-state index contributed by atoms with van der Waals surface area (Å²) in [6, 6.07) is 6.03. The highest BCUT2D eigenvalue weighted by Gasteiger charge is 2.32. The Morgan fingerprint density at radius 3 is 2.46 bits per heavy atom. The molecule has 35 heavy (non-hydrogen) atoms. The quantitative estimate of drug-likeness (QED) is 0.538. The maximum atomic E-state index is 12.4. The number of anilines is 1. The number of hydrogen-bond acceptors (Lipinski definition) is 6. The van der Waals surface area contributed by atoms with Gasteiger partial charge in [0.25, 0.3) is 0 Å². The van der Waals surface area contributed by atoms with E-state index in [-0.39, 0.29) is 17.9 Å². The number of carbonyl (C=O) groups is 3. The predicted molar refractivity (Wildman–Crippen MR) is 134 cm³/mol. The number of nitrogens with one attached hydrogen (secondary N) is 3. The molecule has 1 aromatic carbocycles. The van der Waals surface area contributed by atoms with Crippen molar-refractivity contribution in [3.8, 4) is 0 Å². The lowest BCUT2D eigenvalue weighted by molar-refractivity contribution is -0.134. The van der Waals surface area contributed by atoms with Crippen LogP contribution in [0.4, 0.5) is 10.5 Å². The highest BCUT2D eigenvalue weighted by molar-refractivity contribution is 6.03. The van der Waals surface area contributed by atoms with E-state index in [2.05, 4.69) is 27.1 Å². The van der Waals surface area contributed by atoms with Crippen LogP contribution in [-0.2, 0) is 21.4 Å². The first kappa shape index (κ1) is 25.0. The van der Waals surface area contributed by atoms with Gasteiger partial charge in [0.1, 0.15) is 5.60 Å². The van der Waals surface area contributed by atoms with Gasteiger partial charge < -0.3 is 15.4 Å². The van der Waals surface area contributed by atoms with Crippen LogP contribution < -0.4 is 16.0 Å². The Hall–Kier alpha value is -3.10. The summed E-state index contributed by atoms with van der Waals surface area (Å²) in [4.78, 5) is 35.9. The average Bonchev–Trinajstić information content (AvgIpc) is 3.13. The number of carbonyl (C=O) groups excluding carboxylic acids is 3. The minimum Gasteiger partial charge on any atom is -0.444 e. The van der Waals surface area contributed by atoms with Crippen molar-refractivity contribution in [1.29, 1.82) is 0 Å². The van der Waals surface area contributed by atoms with E-state index in [1.807, 2.05) is 44.6 Å². The molecule has 1 saturated heterocycles. The van der Waals surface area contributed by atoms with Crippen molar-refractivity contribution in [2.75, 3.05) is 18.4 Å². The van der Waals surface area contributed by atoms with E-state index in [4.69, 9.17) is 4.74 Å². The number of hydrogen-bond donors (Lipinski definition) is 3. The highest BCUT2D eigenvalue weighted by Crippen LogP contribution is 2.34. The van der Waals surface area contributed by atoms with Crippen molar-refractivity contribution in [2.24, 2.45) is 18.9 Å². The van der Waals surface area contributed by atoms with Gasteiger partial charge in [0.15, 0.2) is 0 Å². The Balaban J connectivity index is 1.32. The number of para-hydroxylation sites is 1. The number of aromatic nitrogens is 2. The van der Waals surface area contributed by atoms with Crippen LogP contribution in [0.1, 0.15) is 70.9 Å². The lowest BCUT2D eigenvalue weighted by Gasteiger charge is -2.29. The van der Waals surface area contributed by atoms with E-state index >= 15 is 0 Å². The summed E-state index contributed by atoms with van der Waals surface area (Å²) in [5, 5.41) is 14.6. The standard InChI is InChI=1S/C26H37N5O4/c1-26(2,3)35-25(34)28-15-17-10-8-16(9-11-17)14-27-20-7-5-6-18-22(30-31(4)23(18)20)19-12-13-21(32)29-24(19)33/h5-7,16-17,19,27H,8-15H2,1-4H3,(H,28,34)(H,29,32,33). The first-order valence-corrected chi connectivity index (χ1v) is 12.6. The number of aryl methyl sites for hydroxylation is 1. The topological polar surface area (TPSA) is 114 Å². The van der Waals surface area contributed by atoms with Crippen LogP contribution in [0.2, 0.25) is 0 Å². The third kappa shape index (κ3) is 6.13. The number of rotatable bonds is 6. The minimum atomic E-state index is -0.479. The van der Waals surface area contributed by atoms with Crippen molar-refractivity contribution in [1.82, 2.24) is 20.4 Å². The molecule has 2 heterocycles. The molecule has 9 heteroatoms. The van der Waals surface area contributed by atoms with Crippen LogP contribution >= 0.6 is 0 Å². The lowest BCUT2D eigenvalue weighted by Crippen LogP contribution is -2.39. The van der Waals surface area contributed by atoms with E-state index in [1.165, 1.54) is 0 Å². The van der Waals surface area contributed by atoms with Gasteiger partial charge in [-0.15, -0.1) is 0 Å². The molecule has 1 saturated carbocycles. The monoisotopic (exact) mass is 483 g/mol. The molecule has 2 aliphatic rings. The summed E-state index contributed by atoms with van der Waals surface area (Å²) in [5.74, 6) is 0.152. The Morgan fingerprint density at radius 1 is 1.11 bits per heavy atom. The summed E-state index contributed by atoms with van der Waals surface area (Å²) in [6.07, 6.45) is 4.85. The molecule has 3 N–H and O–H groups in total. The zero-order chi connectivity index (χ0) is 25.2. The second-order valence-corrected chi connectivity index (χ2v) is 10.9. The molecule has 1 aliphatic carbocycles. The van der Waals surface area contributed by atoms with Crippen molar-refractivity contribution >= 4 is 34.5 Å². The van der Waals surface area contributed by atoms with E-state index in [0.717, 1.165) is 54.5 Å². The second-order valence-electron chi connectivity index (χ2n) is 10.9. The fourth-order valence-corrected chi connectivity index (χ4v) is 5.15. The fourth-order valence-electron chi connectivity index (χ4n) is 5.15. The molecule has 1 aliphatic heterocycles. The Kier molecular flexibility index (Phi) is 7.33. The van der Waals surface area contributed by atoms with E-state index < -0.39 is 11.5 Å². The third-order valence-electron chi connectivity index (χ3n) is 6.94. The van der Waals surface area contributed by atoms with Gasteiger partial charge in [-0.05, 0) is 70.8 Å². The predicted octanol–water partition coefficient (Wildman–Crippen LogP) is 3.84. The van der Waals surface area contributed by atoms with Crippen LogP contribution in [0.15, 0.2) is 18.2 Å². The van der Waals surface area contributed by atoms with E-state index in [0.29, 0.717) is 31.2 Å². The third-order valence-corrected chi connectivity index (χ3v) is 6.94. The van der Waals surface area contributed by atoms with Gasteiger partial charge in [-0.25, -0.2) is 4.79 Å². The van der Waals surface area contributed by atoms with Gasteiger partial charge in [0, 0.05) is 31.9 Å². The minimum absolute atomic E-state index is 0.218. The Labute approximate surface area is 206 Å². The first-order chi connectivity index (χ1) is 16.6. The van der Waals surface area contributed by atoms with Crippen LogP contribution in [-0.4, -0.2) is 46.4 Å². The van der Waals surface area contributed by atoms with Gasteiger partial charge in [-0.2, -0.15) is 5.10 Å². The average molecular weight is 484 g/mol. The van der Waals surface area contributed by atoms with Crippen LogP contribution in [0.25, 0.3) is 10.9 Å². The number of benzene rings is 1. The molecular formula is C26H37N5O4. The summed E-state index contributed by atoms with van der Waals surface area (Å²) < 4.78 is 7.16. The Bertz CT molecular complexity index is 1100. The number of piperidine rings is 1. The molecule has 3 amide bonds. The van der Waals surface area contributed by atoms with E-state index in [9.17, 15) is 14.4 Å². The van der Waals surface area contributed by atoms with Crippen molar-refractivity contribution < 1.29 is 19.1 Å². The maximum absolute atomic E-state index is 12.4. The van der Waals surface area contributed by atoms with E-state index in [1.54, 1.807) is 0 Å². The lowest BCUT2D eigenvalue weighted by atomic mass is 9.82. The van der Waals surface area contributed by atoms with Gasteiger partial charge in [0.2, 0.25) is 11.8 Å². The molecule has 4 rings (SSSR count). The fraction of sp³-hybridized carbons (Fsp3) is 0.615. The van der Waals surface area contributed by atoms with Crippen molar-refractivity contribution in [3.05, 3.63) is 23.9 Å². The van der Waals surface area contributed by atoms with Crippen LogP contribution in [0.5, 0.6) is 0 Å². The molecule has 0 spiro atoms. The van der Waals surface area contributed by atoms with Crippen molar-refractivity contribution in [2.45, 2.75) is 70.8 Å². The van der Waals surface area contributed by atoms with Gasteiger partial charge >= 0.3 is 6.09 Å². The zero-order valence-corrected chi connectivity index (χ0v) is 21.1. The number of ether oxygens (including phenoxy) is 1. The number of imide groups is 1. The molecule has 0 bridgehead atoms. The zero-order valence-electron chi connectivity index (χ0n) is 21.1. The number of amides is 3. The number of fused-ring (bicyclic) bond motifs is 1. The van der Waals surface area contributed by atoms with Gasteiger partial charge in [-0.3, -0.25) is 19.6 Å². The molecule has 1 atom stereocenters. The Morgan fingerprint density at radius 2 is 1.80 bits per heavy atom. The summed E-state index contributed by atoms with van der Waals surface area (Å²) in [7, 11) is 1.89. The molecule has 1 aromatic heterocycles. The second kappa shape index (κ2) is 10.3. The maximum Gasteiger partial charge on any atom is 0.407 e. The molecule has 9 nitrogen and oxygen atoms in total. The van der Waals surface area contributed by atoms with Crippen molar-refractivity contribution in [3.63, 3.8) is 0 Å². The molecule has 0 radical (unpaired) electrons. The first-order valence-electron chi connectivity index (χ1n) is 12.6. The van der Waals surface area contributed by atoms with Crippen LogP contribution in [0, 0.1) is 11.8 Å². The normalized spacial score (nSPS) is 23.1. The van der Waals surface area contributed by atoms with Crippen LogP contribution in [0.3, 0.4) is 0 Å². The molecule has 2 fully saturated rings. The van der Waals surface area contributed by atoms with Gasteiger partial charge in [-0.1, -0.05) is 12.1 Å². The molecule has 1 unspecified atom stereocenters. The number of nitrogens with zero attached hydrogens (tertiary/aromatic N) is 2. The summed E-state index contributed by atoms with van der Waals surface area (Å²) >= 11 is 0. The largest absolute Gasteiger partial charge is 0.444 e. The van der Waals surface area contributed by atoms with Gasteiger partial charge in [0.05, 0.1) is 22.8 Å².